The molecule has 1 aliphatic heterocycles. The topological polar surface area (TPSA) is 105 Å². The third-order valence-corrected chi connectivity index (χ3v) is 3.56. The van der Waals surface area contributed by atoms with E-state index < -0.39 is 28.3 Å². The highest BCUT2D eigenvalue weighted by Crippen LogP contribution is 2.20. The van der Waals surface area contributed by atoms with Crippen molar-refractivity contribution >= 4 is 22.8 Å². The zero-order valence-corrected chi connectivity index (χ0v) is 11.0. The molecule has 0 saturated carbocycles. The number of ether oxygens (including phenoxy) is 1. The summed E-state index contributed by atoms with van der Waals surface area (Å²) in [7, 11) is -0.987. The maximum atomic E-state index is 11.6. The number of carboxylic acids is 1. The lowest BCUT2D eigenvalue weighted by Gasteiger charge is -2.33. The molecule has 3 N–H and O–H groups in total. The van der Waals surface area contributed by atoms with Gasteiger partial charge in [0.15, 0.2) is 0 Å². The molecule has 1 fully saturated rings. The summed E-state index contributed by atoms with van der Waals surface area (Å²) in [6, 6.07) is -0.551. The van der Waals surface area contributed by atoms with E-state index in [1.807, 2.05) is 0 Å². The first-order valence-corrected chi connectivity index (χ1v) is 7.36. The van der Waals surface area contributed by atoms with E-state index in [2.05, 4.69) is 10.6 Å². The van der Waals surface area contributed by atoms with Gasteiger partial charge in [-0.3, -0.25) is 4.21 Å². The van der Waals surface area contributed by atoms with Crippen LogP contribution in [-0.2, 0) is 20.3 Å². The van der Waals surface area contributed by atoms with Gasteiger partial charge >= 0.3 is 12.0 Å². The highest BCUT2D eigenvalue weighted by Gasteiger charge is 2.41. The molecule has 1 heterocycles. The van der Waals surface area contributed by atoms with Gasteiger partial charge in [0.2, 0.25) is 0 Å². The molecule has 1 aliphatic rings. The van der Waals surface area contributed by atoms with Gasteiger partial charge in [-0.1, -0.05) is 0 Å². The van der Waals surface area contributed by atoms with Gasteiger partial charge in [-0.15, -0.1) is 0 Å². The molecule has 1 unspecified atom stereocenters. The van der Waals surface area contributed by atoms with Crippen molar-refractivity contribution in [3.8, 4) is 0 Å². The Balaban J connectivity index is 2.48. The molecular formula is C10H18N2O5S. The Morgan fingerprint density at radius 3 is 2.50 bits per heavy atom. The van der Waals surface area contributed by atoms with Gasteiger partial charge in [0.25, 0.3) is 0 Å². The van der Waals surface area contributed by atoms with Crippen molar-refractivity contribution in [3.63, 3.8) is 0 Å². The van der Waals surface area contributed by atoms with E-state index in [-0.39, 0.29) is 19.4 Å². The Morgan fingerprint density at radius 2 is 2.00 bits per heavy atom. The minimum absolute atomic E-state index is 0.245. The molecule has 8 heteroatoms. The van der Waals surface area contributed by atoms with Crippen molar-refractivity contribution in [3.05, 3.63) is 0 Å². The maximum Gasteiger partial charge on any atom is 0.329 e. The first-order chi connectivity index (χ1) is 8.46. The third kappa shape index (κ3) is 4.26. The van der Waals surface area contributed by atoms with Gasteiger partial charge in [0, 0.05) is 55.4 Å². The van der Waals surface area contributed by atoms with Gasteiger partial charge < -0.3 is 20.5 Å². The zero-order valence-electron chi connectivity index (χ0n) is 10.2. The Morgan fingerprint density at radius 1 is 1.39 bits per heavy atom. The zero-order chi connectivity index (χ0) is 13.6. The quantitative estimate of drug-likeness (QED) is 0.616. The molecular weight excluding hydrogens is 260 g/mol. The number of hydrogen-bond acceptors (Lipinski definition) is 4. The van der Waals surface area contributed by atoms with Crippen LogP contribution in [0.4, 0.5) is 4.79 Å². The van der Waals surface area contributed by atoms with E-state index >= 15 is 0 Å². The predicted octanol–water partition coefficient (Wildman–Crippen LogP) is -0.702. The lowest BCUT2D eigenvalue weighted by Crippen LogP contribution is -2.59. The molecule has 0 aromatic rings. The lowest BCUT2D eigenvalue weighted by atomic mass is 9.90. The molecule has 2 amide bonds. The third-order valence-electron chi connectivity index (χ3n) is 2.78. The molecule has 0 radical (unpaired) electrons. The predicted molar refractivity (Wildman–Crippen MR) is 65.9 cm³/mol. The van der Waals surface area contributed by atoms with Crippen LogP contribution in [0.1, 0.15) is 12.8 Å². The average molecular weight is 278 g/mol. The Labute approximate surface area is 108 Å². The van der Waals surface area contributed by atoms with E-state index in [4.69, 9.17) is 4.74 Å². The van der Waals surface area contributed by atoms with Crippen molar-refractivity contribution in [2.24, 2.45) is 0 Å². The Kier molecular flexibility index (Phi) is 5.54. The summed E-state index contributed by atoms with van der Waals surface area (Å²) in [6.07, 6.45) is 2.03. The first kappa shape index (κ1) is 14.9. The van der Waals surface area contributed by atoms with Crippen LogP contribution in [0.25, 0.3) is 0 Å². The van der Waals surface area contributed by atoms with Crippen molar-refractivity contribution in [2.45, 2.75) is 18.4 Å². The summed E-state index contributed by atoms with van der Waals surface area (Å²) in [4.78, 5) is 22.8. The standard InChI is InChI=1S/C10H18N2O5S/c1-18(16)7-4-11-9(15)12-10(8(13)14)2-5-17-6-3-10/h2-7H2,1H3,(H,13,14)(H2,11,12,15). The maximum absolute atomic E-state index is 11.6. The number of amides is 2. The van der Waals surface area contributed by atoms with Gasteiger partial charge in [-0.25, -0.2) is 9.59 Å². The normalized spacial score (nSPS) is 19.8. The summed E-state index contributed by atoms with van der Waals surface area (Å²) in [5, 5.41) is 14.2. The summed E-state index contributed by atoms with van der Waals surface area (Å²) < 4.78 is 15.9. The van der Waals surface area contributed by atoms with Crippen LogP contribution in [-0.4, -0.2) is 58.6 Å². The summed E-state index contributed by atoms with van der Waals surface area (Å²) in [5.74, 6) is -0.712. The fourth-order valence-electron chi connectivity index (χ4n) is 1.68. The number of carbonyl (C=O) groups is 2. The monoisotopic (exact) mass is 278 g/mol. The summed E-state index contributed by atoms with van der Waals surface area (Å²) >= 11 is 0. The molecule has 0 aromatic heterocycles. The van der Waals surface area contributed by atoms with Crippen LogP contribution >= 0.6 is 0 Å². The molecule has 0 aromatic carbocycles. The molecule has 104 valence electrons. The molecule has 1 rings (SSSR count). The minimum Gasteiger partial charge on any atom is -0.480 e. The molecule has 1 saturated heterocycles. The van der Waals surface area contributed by atoms with Crippen LogP contribution in [0.15, 0.2) is 0 Å². The highest BCUT2D eigenvalue weighted by molar-refractivity contribution is 7.84. The van der Waals surface area contributed by atoms with Crippen molar-refractivity contribution < 1.29 is 23.6 Å². The second kappa shape index (κ2) is 6.69. The number of rotatable bonds is 5. The minimum atomic E-state index is -1.26. The Hall–Kier alpha value is -1.15. The lowest BCUT2D eigenvalue weighted by molar-refractivity contribution is -0.148. The van der Waals surface area contributed by atoms with Gasteiger partial charge in [0.05, 0.1) is 0 Å². The van der Waals surface area contributed by atoms with E-state index in [9.17, 15) is 18.9 Å². The number of carboxylic acid groups (broad SMARTS) is 1. The van der Waals surface area contributed by atoms with Crippen molar-refractivity contribution in [2.75, 3.05) is 31.8 Å². The van der Waals surface area contributed by atoms with E-state index in [0.717, 1.165) is 0 Å². The fraction of sp³-hybridized carbons (Fsp3) is 0.800. The van der Waals surface area contributed by atoms with E-state index in [1.54, 1.807) is 0 Å². The average Bonchev–Trinajstić information content (AvgIpc) is 2.29. The number of aliphatic carboxylic acids is 1. The first-order valence-electron chi connectivity index (χ1n) is 5.63. The molecule has 1 atom stereocenters. The van der Waals surface area contributed by atoms with E-state index in [1.165, 1.54) is 6.26 Å². The van der Waals surface area contributed by atoms with Crippen molar-refractivity contribution in [1.29, 1.82) is 0 Å². The van der Waals surface area contributed by atoms with Crippen molar-refractivity contribution in [1.82, 2.24) is 10.6 Å². The molecule has 18 heavy (non-hydrogen) atoms. The van der Waals surface area contributed by atoms with Crippen LogP contribution in [0.2, 0.25) is 0 Å². The molecule has 7 nitrogen and oxygen atoms in total. The number of hydrogen-bond donors (Lipinski definition) is 3. The van der Waals surface area contributed by atoms with Gasteiger partial charge in [0.1, 0.15) is 5.54 Å². The molecule has 0 spiro atoms. The Bertz CT molecular complexity index is 341. The largest absolute Gasteiger partial charge is 0.480 e. The summed E-state index contributed by atoms with van der Waals surface area (Å²) in [5.41, 5.74) is -1.26. The SMILES string of the molecule is CS(=O)CCNC(=O)NC1(C(=O)O)CCOCC1. The molecule has 0 bridgehead atoms. The van der Waals surface area contributed by atoms with Crippen LogP contribution < -0.4 is 10.6 Å². The van der Waals surface area contributed by atoms with Crippen LogP contribution in [0.3, 0.4) is 0 Å². The second-order valence-electron chi connectivity index (χ2n) is 4.16. The second-order valence-corrected chi connectivity index (χ2v) is 5.71. The van der Waals surface area contributed by atoms with Gasteiger partial charge in [-0.2, -0.15) is 0 Å². The van der Waals surface area contributed by atoms with Crippen LogP contribution in [0.5, 0.6) is 0 Å². The number of nitrogens with one attached hydrogen (secondary N) is 2. The fourth-order valence-corrected chi connectivity index (χ4v) is 2.07. The highest BCUT2D eigenvalue weighted by atomic mass is 32.2. The summed E-state index contributed by atoms with van der Waals surface area (Å²) in [6.45, 7) is 0.873. The molecule has 0 aliphatic carbocycles. The smallest absolute Gasteiger partial charge is 0.329 e. The number of carbonyl (C=O) groups excluding carboxylic acids is 1. The van der Waals surface area contributed by atoms with E-state index in [0.29, 0.717) is 19.0 Å². The van der Waals surface area contributed by atoms with Crippen LogP contribution in [0, 0.1) is 0 Å². The van der Waals surface area contributed by atoms with Gasteiger partial charge in [-0.05, 0) is 0 Å². The number of urea groups is 1.